The van der Waals surface area contributed by atoms with Crippen LogP contribution in [0.15, 0.2) is 0 Å². The molecule has 2 N–H and O–H groups in total. The van der Waals surface area contributed by atoms with Crippen molar-refractivity contribution in [2.45, 2.75) is 45.1 Å². The molecule has 0 saturated heterocycles. The average Bonchev–Trinajstić information content (AvgIpc) is 2.18. The molecule has 0 unspecified atom stereocenters. The Morgan fingerprint density at radius 1 is 1.46 bits per heavy atom. The van der Waals surface area contributed by atoms with Gasteiger partial charge < -0.3 is 10.6 Å². The normalized spacial score (nSPS) is 28.2. The lowest BCUT2D eigenvalue weighted by Gasteiger charge is -2.28. The third-order valence-corrected chi connectivity index (χ3v) is 2.92. The summed E-state index contributed by atoms with van der Waals surface area (Å²) < 4.78 is 0. The number of hydrogen-bond acceptors (Lipinski definition) is 1. The van der Waals surface area contributed by atoms with Gasteiger partial charge in [-0.05, 0) is 18.8 Å². The molecule has 0 aromatic heterocycles. The standard InChI is InChI=1S/C10H20N2O/c1-3-8-5-4-6-9(7-8)12-10(13)11-2/h8-9H,3-7H2,1-2H3,(H2,11,12,13)/t8-,9-/m1/s1. The molecule has 0 spiro atoms. The highest BCUT2D eigenvalue weighted by Crippen LogP contribution is 2.26. The van der Waals surface area contributed by atoms with Gasteiger partial charge in [0.15, 0.2) is 0 Å². The van der Waals surface area contributed by atoms with Gasteiger partial charge in [0.2, 0.25) is 0 Å². The third-order valence-electron chi connectivity index (χ3n) is 2.92. The minimum absolute atomic E-state index is 0.0400. The maximum Gasteiger partial charge on any atom is 0.314 e. The van der Waals surface area contributed by atoms with E-state index < -0.39 is 0 Å². The van der Waals surface area contributed by atoms with Crippen LogP contribution in [-0.2, 0) is 0 Å². The van der Waals surface area contributed by atoms with E-state index in [1.165, 1.54) is 19.3 Å². The minimum Gasteiger partial charge on any atom is -0.341 e. The number of nitrogens with one attached hydrogen (secondary N) is 2. The van der Waals surface area contributed by atoms with Gasteiger partial charge in [0, 0.05) is 13.1 Å². The van der Waals surface area contributed by atoms with Crippen LogP contribution in [0.2, 0.25) is 0 Å². The van der Waals surface area contributed by atoms with Crippen molar-refractivity contribution in [3.05, 3.63) is 0 Å². The van der Waals surface area contributed by atoms with Gasteiger partial charge in [0.05, 0.1) is 0 Å². The molecule has 13 heavy (non-hydrogen) atoms. The Labute approximate surface area is 80.3 Å². The van der Waals surface area contributed by atoms with Crippen molar-refractivity contribution in [1.29, 1.82) is 0 Å². The van der Waals surface area contributed by atoms with E-state index in [9.17, 15) is 4.79 Å². The van der Waals surface area contributed by atoms with Crippen molar-refractivity contribution < 1.29 is 4.79 Å². The van der Waals surface area contributed by atoms with E-state index in [1.807, 2.05) is 0 Å². The lowest BCUT2D eigenvalue weighted by Crippen LogP contribution is -2.42. The Morgan fingerprint density at radius 2 is 2.23 bits per heavy atom. The van der Waals surface area contributed by atoms with Gasteiger partial charge in [-0.1, -0.05) is 26.2 Å². The van der Waals surface area contributed by atoms with Gasteiger partial charge in [0.1, 0.15) is 0 Å². The van der Waals surface area contributed by atoms with Crippen molar-refractivity contribution in [2.75, 3.05) is 7.05 Å². The van der Waals surface area contributed by atoms with Crippen molar-refractivity contribution in [3.63, 3.8) is 0 Å². The molecule has 2 amide bonds. The highest BCUT2D eigenvalue weighted by molar-refractivity contribution is 5.73. The van der Waals surface area contributed by atoms with E-state index >= 15 is 0 Å². The molecule has 76 valence electrons. The molecule has 0 radical (unpaired) electrons. The van der Waals surface area contributed by atoms with E-state index in [4.69, 9.17) is 0 Å². The second kappa shape index (κ2) is 5.10. The summed E-state index contributed by atoms with van der Waals surface area (Å²) in [4.78, 5) is 11.1. The Hall–Kier alpha value is -0.730. The molecule has 0 bridgehead atoms. The molecule has 0 aliphatic heterocycles. The maximum absolute atomic E-state index is 11.1. The zero-order chi connectivity index (χ0) is 9.68. The summed E-state index contributed by atoms with van der Waals surface area (Å²) >= 11 is 0. The zero-order valence-corrected chi connectivity index (χ0v) is 8.60. The van der Waals surface area contributed by atoms with E-state index in [0.29, 0.717) is 6.04 Å². The van der Waals surface area contributed by atoms with Crippen molar-refractivity contribution >= 4 is 6.03 Å². The van der Waals surface area contributed by atoms with Crippen molar-refractivity contribution in [1.82, 2.24) is 10.6 Å². The fourth-order valence-electron chi connectivity index (χ4n) is 2.05. The SMILES string of the molecule is CC[C@@H]1CCC[C@@H](NC(=O)NC)C1. The van der Waals surface area contributed by atoms with E-state index in [1.54, 1.807) is 7.05 Å². The minimum atomic E-state index is -0.0400. The number of rotatable bonds is 2. The van der Waals surface area contributed by atoms with E-state index in [2.05, 4.69) is 17.6 Å². The van der Waals surface area contributed by atoms with Gasteiger partial charge in [0.25, 0.3) is 0 Å². The number of hydrogen-bond donors (Lipinski definition) is 2. The summed E-state index contributed by atoms with van der Waals surface area (Å²) in [6.45, 7) is 2.23. The fourth-order valence-corrected chi connectivity index (χ4v) is 2.05. The van der Waals surface area contributed by atoms with Crippen LogP contribution in [-0.4, -0.2) is 19.1 Å². The lowest BCUT2D eigenvalue weighted by molar-refractivity contribution is 0.226. The topological polar surface area (TPSA) is 41.1 Å². The molecule has 0 aromatic carbocycles. The summed E-state index contributed by atoms with van der Waals surface area (Å²) in [6, 6.07) is 0.361. The molecule has 3 heteroatoms. The first-order chi connectivity index (χ1) is 6.26. The first-order valence-electron chi connectivity index (χ1n) is 5.24. The van der Waals surface area contributed by atoms with Gasteiger partial charge in [-0.2, -0.15) is 0 Å². The van der Waals surface area contributed by atoms with E-state index in [0.717, 1.165) is 18.8 Å². The molecule has 1 aliphatic rings. The van der Waals surface area contributed by atoms with Crippen LogP contribution in [0.5, 0.6) is 0 Å². The van der Waals surface area contributed by atoms with Gasteiger partial charge in [-0.3, -0.25) is 0 Å². The first-order valence-corrected chi connectivity index (χ1v) is 5.24. The highest BCUT2D eigenvalue weighted by Gasteiger charge is 2.21. The predicted molar refractivity (Wildman–Crippen MR) is 53.6 cm³/mol. The molecular weight excluding hydrogens is 164 g/mol. The summed E-state index contributed by atoms with van der Waals surface area (Å²) in [6.07, 6.45) is 6.13. The van der Waals surface area contributed by atoms with Crippen LogP contribution < -0.4 is 10.6 Å². The zero-order valence-electron chi connectivity index (χ0n) is 8.60. The van der Waals surface area contributed by atoms with Crippen LogP contribution in [0, 0.1) is 5.92 Å². The number of carbonyl (C=O) groups is 1. The summed E-state index contributed by atoms with van der Waals surface area (Å²) in [5.74, 6) is 0.816. The second-order valence-corrected chi connectivity index (χ2v) is 3.86. The van der Waals surface area contributed by atoms with Crippen molar-refractivity contribution in [2.24, 2.45) is 5.92 Å². The molecule has 2 atom stereocenters. The second-order valence-electron chi connectivity index (χ2n) is 3.86. The van der Waals surface area contributed by atoms with Crippen LogP contribution in [0.25, 0.3) is 0 Å². The Balaban J connectivity index is 2.29. The van der Waals surface area contributed by atoms with Crippen LogP contribution in [0.1, 0.15) is 39.0 Å². The molecule has 3 nitrogen and oxygen atoms in total. The number of carbonyl (C=O) groups excluding carboxylic acids is 1. The van der Waals surface area contributed by atoms with E-state index in [-0.39, 0.29) is 6.03 Å². The largest absolute Gasteiger partial charge is 0.341 e. The Kier molecular flexibility index (Phi) is 4.06. The fraction of sp³-hybridized carbons (Fsp3) is 0.900. The molecule has 1 aliphatic carbocycles. The summed E-state index contributed by atoms with van der Waals surface area (Å²) in [5, 5.41) is 5.58. The maximum atomic E-state index is 11.1. The Morgan fingerprint density at radius 3 is 2.85 bits per heavy atom. The molecular formula is C10H20N2O. The van der Waals surface area contributed by atoms with Gasteiger partial charge >= 0.3 is 6.03 Å². The monoisotopic (exact) mass is 184 g/mol. The molecule has 0 heterocycles. The first kappa shape index (κ1) is 10.4. The smallest absolute Gasteiger partial charge is 0.314 e. The summed E-state index contributed by atoms with van der Waals surface area (Å²) in [5.41, 5.74) is 0. The third kappa shape index (κ3) is 3.25. The van der Waals surface area contributed by atoms with Gasteiger partial charge in [-0.15, -0.1) is 0 Å². The van der Waals surface area contributed by atoms with Crippen molar-refractivity contribution in [3.8, 4) is 0 Å². The average molecular weight is 184 g/mol. The molecule has 1 rings (SSSR count). The Bertz CT molecular complexity index is 170. The summed E-state index contributed by atoms with van der Waals surface area (Å²) in [7, 11) is 1.66. The molecule has 0 aromatic rings. The van der Waals surface area contributed by atoms with Crippen LogP contribution in [0.4, 0.5) is 4.79 Å². The van der Waals surface area contributed by atoms with Crippen LogP contribution >= 0.6 is 0 Å². The number of urea groups is 1. The van der Waals surface area contributed by atoms with Gasteiger partial charge in [-0.25, -0.2) is 4.79 Å². The quantitative estimate of drug-likeness (QED) is 0.676. The number of amides is 2. The predicted octanol–water partition coefficient (Wildman–Crippen LogP) is 1.88. The lowest BCUT2D eigenvalue weighted by atomic mass is 9.84. The molecule has 1 saturated carbocycles. The van der Waals surface area contributed by atoms with Crippen LogP contribution in [0.3, 0.4) is 0 Å². The molecule has 1 fully saturated rings. The highest BCUT2D eigenvalue weighted by atomic mass is 16.2.